The third kappa shape index (κ3) is 2.97. The first-order chi connectivity index (χ1) is 9.65. The summed E-state index contributed by atoms with van der Waals surface area (Å²) in [7, 11) is 0. The molecule has 1 aromatic heterocycles. The molecule has 6 heteroatoms. The Kier molecular flexibility index (Phi) is 4.37. The molecule has 0 saturated carbocycles. The first-order valence-electron chi connectivity index (χ1n) is 6.12. The number of benzene rings is 1. The van der Waals surface area contributed by atoms with Crippen LogP contribution < -0.4 is 11.1 Å². The van der Waals surface area contributed by atoms with Crippen molar-refractivity contribution in [3.63, 3.8) is 0 Å². The lowest BCUT2D eigenvalue weighted by molar-refractivity contribution is 0.103. The largest absolute Gasteiger partial charge is 0.409 e. The van der Waals surface area contributed by atoms with E-state index in [0.29, 0.717) is 16.1 Å². The van der Waals surface area contributed by atoms with Crippen molar-refractivity contribution in [2.45, 2.75) is 13.3 Å². The molecule has 1 amide bonds. The summed E-state index contributed by atoms with van der Waals surface area (Å²) in [6.45, 7) is 2.04. The Morgan fingerprint density at radius 1 is 1.35 bits per heavy atom. The second kappa shape index (κ2) is 6.21. The highest BCUT2D eigenvalue weighted by atomic mass is 32.1. The second-order valence-corrected chi connectivity index (χ2v) is 5.27. The van der Waals surface area contributed by atoms with Gasteiger partial charge in [0.2, 0.25) is 0 Å². The zero-order valence-electron chi connectivity index (χ0n) is 11.0. The number of oxime groups is 1. The molecule has 2 aromatic rings. The Morgan fingerprint density at radius 3 is 2.75 bits per heavy atom. The molecule has 4 N–H and O–H groups in total. The standard InChI is InChI=1S/C14H15N3O2S/c1-2-9-7-8-12(20-9)14(18)16-11-6-4-3-5-10(11)13(15)17-19/h3-8,19H,2H2,1H3,(H2,15,17)(H,16,18). The van der Waals surface area contributed by atoms with E-state index in [1.165, 1.54) is 11.3 Å². The summed E-state index contributed by atoms with van der Waals surface area (Å²) >= 11 is 1.46. The van der Waals surface area contributed by atoms with Gasteiger partial charge in [-0.25, -0.2) is 0 Å². The van der Waals surface area contributed by atoms with Crippen LogP contribution in [0.5, 0.6) is 0 Å². The van der Waals surface area contributed by atoms with E-state index in [1.54, 1.807) is 30.3 Å². The van der Waals surface area contributed by atoms with Crippen molar-refractivity contribution in [2.75, 3.05) is 5.32 Å². The van der Waals surface area contributed by atoms with Gasteiger partial charge in [-0.3, -0.25) is 4.79 Å². The molecule has 0 radical (unpaired) electrons. The highest BCUT2D eigenvalue weighted by Crippen LogP contribution is 2.20. The number of amidine groups is 1. The van der Waals surface area contributed by atoms with E-state index < -0.39 is 0 Å². The van der Waals surface area contributed by atoms with Crippen molar-refractivity contribution in [3.8, 4) is 0 Å². The van der Waals surface area contributed by atoms with Gasteiger partial charge < -0.3 is 16.3 Å². The smallest absolute Gasteiger partial charge is 0.265 e. The number of nitrogens with zero attached hydrogens (tertiary/aromatic N) is 1. The van der Waals surface area contributed by atoms with Crippen LogP contribution in [0.2, 0.25) is 0 Å². The summed E-state index contributed by atoms with van der Waals surface area (Å²) in [5.41, 5.74) is 6.58. The van der Waals surface area contributed by atoms with Crippen molar-refractivity contribution in [3.05, 3.63) is 51.7 Å². The van der Waals surface area contributed by atoms with Crippen LogP contribution in [0.25, 0.3) is 0 Å². The number of nitrogens with one attached hydrogen (secondary N) is 1. The molecule has 0 saturated heterocycles. The minimum Gasteiger partial charge on any atom is -0.409 e. The molecule has 0 aliphatic heterocycles. The second-order valence-electron chi connectivity index (χ2n) is 4.10. The van der Waals surface area contributed by atoms with Gasteiger partial charge in [0.1, 0.15) is 0 Å². The quantitative estimate of drug-likeness (QED) is 0.350. The van der Waals surface area contributed by atoms with E-state index in [4.69, 9.17) is 10.9 Å². The predicted molar refractivity (Wildman–Crippen MR) is 80.6 cm³/mol. The van der Waals surface area contributed by atoms with E-state index in [9.17, 15) is 4.79 Å². The number of rotatable bonds is 4. The topological polar surface area (TPSA) is 87.7 Å². The van der Waals surface area contributed by atoms with Gasteiger partial charge in [-0.2, -0.15) is 0 Å². The van der Waals surface area contributed by atoms with Crippen LogP contribution >= 0.6 is 11.3 Å². The molecule has 0 atom stereocenters. The first kappa shape index (κ1) is 14.1. The lowest BCUT2D eigenvalue weighted by Gasteiger charge is -2.08. The van der Waals surface area contributed by atoms with Crippen LogP contribution in [-0.4, -0.2) is 17.0 Å². The lowest BCUT2D eigenvalue weighted by atomic mass is 10.1. The highest BCUT2D eigenvalue weighted by molar-refractivity contribution is 7.14. The molecule has 1 heterocycles. The van der Waals surface area contributed by atoms with Gasteiger partial charge in [0.25, 0.3) is 5.91 Å². The van der Waals surface area contributed by atoms with E-state index in [-0.39, 0.29) is 11.7 Å². The minimum atomic E-state index is -0.201. The molecule has 0 bridgehead atoms. The van der Waals surface area contributed by atoms with Crippen molar-refractivity contribution in [1.29, 1.82) is 0 Å². The van der Waals surface area contributed by atoms with Gasteiger partial charge in [-0.15, -0.1) is 11.3 Å². The molecule has 5 nitrogen and oxygen atoms in total. The van der Waals surface area contributed by atoms with Gasteiger partial charge >= 0.3 is 0 Å². The van der Waals surface area contributed by atoms with Crippen LogP contribution in [0.3, 0.4) is 0 Å². The van der Waals surface area contributed by atoms with Crippen LogP contribution in [-0.2, 0) is 6.42 Å². The molecule has 2 rings (SSSR count). The summed E-state index contributed by atoms with van der Waals surface area (Å²) in [5, 5.41) is 14.5. The monoisotopic (exact) mass is 289 g/mol. The molecule has 20 heavy (non-hydrogen) atoms. The highest BCUT2D eigenvalue weighted by Gasteiger charge is 2.12. The lowest BCUT2D eigenvalue weighted by Crippen LogP contribution is -2.18. The molecular formula is C14H15N3O2S. The van der Waals surface area contributed by atoms with E-state index in [1.807, 2.05) is 13.0 Å². The third-order valence-electron chi connectivity index (χ3n) is 2.79. The van der Waals surface area contributed by atoms with Crippen LogP contribution in [0.15, 0.2) is 41.6 Å². The number of hydrogen-bond acceptors (Lipinski definition) is 4. The number of aryl methyl sites for hydroxylation is 1. The Bertz CT molecular complexity index is 649. The Hall–Kier alpha value is -2.34. The van der Waals surface area contributed by atoms with Gasteiger partial charge in [0.05, 0.1) is 10.6 Å². The fourth-order valence-electron chi connectivity index (χ4n) is 1.74. The molecule has 1 aromatic carbocycles. The summed E-state index contributed by atoms with van der Waals surface area (Å²) in [6.07, 6.45) is 0.901. The zero-order chi connectivity index (χ0) is 14.5. The number of amides is 1. The molecule has 0 aliphatic carbocycles. The van der Waals surface area contributed by atoms with Gasteiger partial charge in [-0.05, 0) is 30.7 Å². The van der Waals surface area contributed by atoms with Crippen molar-refractivity contribution >= 4 is 28.8 Å². The van der Waals surface area contributed by atoms with Gasteiger partial charge in [0, 0.05) is 10.4 Å². The summed E-state index contributed by atoms with van der Waals surface area (Å²) in [4.78, 5) is 14.0. The average Bonchev–Trinajstić information content (AvgIpc) is 2.96. The number of nitrogens with two attached hydrogens (primary N) is 1. The summed E-state index contributed by atoms with van der Waals surface area (Å²) in [6, 6.07) is 10.6. The minimum absolute atomic E-state index is 0.0404. The Morgan fingerprint density at radius 2 is 2.10 bits per heavy atom. The van der Waals surface area contributed by atoms with Crippen molar-refractivity contribution in [2.24, 2.45) is 10.9 Å². The van der Waals surface area contributed by atoms with E-state index in [0.717, 1.165) is 11.3 Å². The van der Waals surface area contributed by atoms with Gasteiger partial charge in [0.15, 0.2) is 5.84 Å². The normalized spacial score (nSPS) is 11.3. The zero-order valence-corrected chi connectivity index (χ0v) is 11.8. The van der Waals surface area contributed by atoms with Gasteiger partial charge in [-0.1, -0.05) is 24.2 Å². The number of carbonyl (C=O) groups is 1. The molecule has 0 aliphatic rings. The molecular weight excluding hydrogens is 274 g/mol. The number of anilines is 1. The maximum Gasteiger partial charge on any atom is 0.265 e. The Labute approximate surface area is 120 Å². The SMILES string of the molecule is CCc1ccc(C(=O)Nc2ccccc2C(N)=NO)s1. The van der Waals surface area contributed by atoms with Crippen LogP contribution in [0.1, 0.15) is 27.0 Å². The van der Waals surface area contributed by atoms with Crippen LogP contribution in [0.4, 0.5) is 5.69 Å². The van der Waals surface area contributed by atoms with E-state index >= 15 is 0 Å². The number of para-hydroxylation sites is 1. The summed E-state index contributed by atoms with van der Waals surface area (Å²) < 4.78 is 0. The third-order valence-corrected chi connectivity index (χ3v) is 4.02. The predicted octanol–water partition coefficient (Wildman–Crippen LogP) is 2.66. The fraction of sp³-hybridized carbons (Fsp3) is 0.143. The van der Waals surface area contributed by atoms with Crippen molar-refractivity contribution < 1.29 is 10.0 Å². The number of hydrogen-bond donors (Lipinski definition) is 3. The van der Waals surface area contributed by atoms with Crippen LogP contribution in [0, 0.1) is 0 Å². The average molecular weight is 289 g/mol. The molecule has 0 fully saturated rings. The van der Waals surface area contributed by atoms with Crippen molar-refractivity contribution in [1.82, 2.24) is 0 Å². The first-order valence-corrected chi connectivity index (χ1v) is 6.94. The Balaban J connectivity index is 2.24. The number of thiophene rings is 1. The van der Waals surface area contributed by atoms with E-state index in [2.05, 4.69) is 10.5 Å². The fourth-order valence-corrected chi connectivity index (χ4v) is 2.59. The molecule has 0 spiro atoms. The number of carbonyl (C=O) groups excluding carboxylic acids is 1. The maximum absolute atomic E-state index is 12.2. The molecule has 0 unspecified atom stereocenters. The molecule has 104 valence electrons. The summed E-state index contributed by atoms with van der Waals surface area (Å²) in [5.74, 6) is -0.241. The maximum atomic E-state index is 12.2.